The van der Waals surface area contributed by atoms with Gasteiger partial charge < -0.3 is 5.32 Å². The Morgan fingerprint density at radius 3 is 2.45 bits per heavy atom. The van der Waals surface area contributed by atoms with Crippen LogP contribution in [0.25, 0.3) is 0 Å². The van der Waals surface area contributed by atoms with Crippen molar-refractivity contribution in [2.24, 2.45) is 0 Å². The number of hydrogen-bond donors (Lipinski definition) is 1. The van der Waals surface area contributed by atoms with Crippen LogP contribution in [-0.4, -0.2) is 22.7 Å². The summed E-state index contributed by atoms with van der Waals surface area (Å²) in [5.41, 5.74) is -0.459. The third kappa shape index (κ3) is 6.10. The maximum atomic E-state index is 13.2. The summed E-state index contributed by atoms with van der Waals surface area (Å²) in [6.07, 6.45) is -4.26. The van der Waals surface area contributed by atoms with Crippen LogP contribution in [0.15, 0.2) is 24.3 Å². The highest BCUT2D eigenvalue weighted by molar-refractivity contribution is 8.04. The van der Waals surface area contributed by atoms with Crippen LogP contribution >= 0.6 is 35.1 Å². The third-order valence-corrected chi connectivity index (χ3v) is 3.52. The quantitative estimate of drug-likeness (QED) is 0.332. The van der Waals surface area contributed by atoms with Crippen LogP contribution in [0.1, 0.15) is 23.7 Å². The van der Waals surface area contributed by atoms with Crippen LogP contribution in [0.2, 0.25) is 0 Å². The van der Waals surface area contributed by atoms with Gasteiger partial charge in [-0.05, 0) is 24.6 Å². The lowest BCUT2D eigenvalue weighted by Gasteiger charge is -2.27. The molecule has 0 aliphatic carbocycles. The average Bonchev–Trinajstić information content (AvgIpc) is 2.40. The van der Waals surface area contributed by atoms with Gasteiger partial charge in [-0.15, -0.1) is 13.2 Å². The van der Waals surface area contributed by atoms with Crippen molar-refractivity contribution in [2.75, 3.05) is 10.8 Å². The lowest BCUT2D eigenvalue weighted by molar-refractivity contribution is -0.114. The molecule has 3 nitrogen and oxygen atoms in total. The minimum Gasteiger partial charge on any atom is -0.352 e. The summed E-state index contributed by atoms with van der Waals surface area (Å²) in [4.78, 5) is 11.8. The van der Waals surface area contributed by atoms with Crippen LogP contribution in [0, 0.1) is 0 Å². The van der Waals surface area contributed by atoms with Gasteiger partial charge in [0, 0.05) is 24.1 Å². The zero-order valence-electron chi connectivity index (χ0n) is 11.3. The number of nitrogens with one attached hydrogen (secondary N) is 1. The van der Waals surface area contributed by atoms with Gasteiger partial charge in [-0.2, -0.15) is 4.39 Å². The Labute approximate surface area is 139 Å². The standard InChI is InChI=1S/C12H12Cl2F4N2OS/c1-2-6-19-10(21)8-4-3-5-9(7-8)20(12(16,17)18)22-11(13,14)15/h3-5,7H,2,6H2,1H3,(H,19,21). The fourth-order valence-corrected chi connectivity index (χ4v) is 2.41. The normalized spacial score (nSPS) is 12.1. The molecule has 0 heterocycles. The molecule has 1 amide bonds. The molecular weight excluding hydrogens is 367 g/mol. The molecule has 0 aliphatic rings. The molecule has 0 atom stereocenters. The van der Waals surface area contributed by atoms with Gasteiger partial charge >= 0.3 is 10.2 Å². The molecule has 1 N–H and O–H groups in total. The SMILES string of the molecule is CCCNC(=O)c1cccc(N(SC(F)(Cl)Cl)C(F)(F)F)c1. The first-order chi connectivity index (χ1) is 10.0. The summed E-state index contributed by atoms with van der Waals surface area (Å²) >= 11 is 9.53. The van der Waals surface area contributed by atoms with Gasteiger partial charge in [-0.3, -0.25) is 4.79 Å². The molecule has 0 radical (unpaired) electrons. The van der Waals surface area contributed by atoms with E-state index in [4.69, 9.17) is 23.2 Å². The molecule has 0 saturated heterocycles. The Morgan fingerprint density at radius 2 is 1.95 bits per heavy atom. The molecule has 1 rings (SSSR count). The van der Waals surface area contributed by atoms with Crippen LogP contribution in [0.3, 0.4) is 0 Å². The largest absolute Gasteiger partial charge is 0.495 e. The van der Waals surface area contributed by atoms with Crippen molar-refractivity contribution in [3.05, 3.63) is 29.8 Å². The zero-order chi connectivity index (χ0) is 17.0. The van der Waals surface area contributed by atoms with Crippen molar-refractivity contribution in [2.45, 2.75) is 23.6 Å². The Balaban J connectivity index is 3.08. The van der Waals surface area contributed by atoms with Crippen molar-refractivity contribution in [3.8, 4) is 0 Å². The van der Waals surface area contributed by atoms with Gasteiger partial charge in [0.15, 0.2) is 0 Å². The highest BCUT2D eigenvalue weighted by atomic mass is 35.5. The van der Waals surface area contributed by atoms with Gasteiger partial charge in [0.2, 0.25) is 0 Å². The molecule has 0 saturated carbocycles. The van der Waals surface area contributed by atoms with Crippen molar-refractivity contribution < 1.29 is 22.4 Å². The molecule has 22 heavy (non-hydrogen) atoms. The summed E-state index contributed by atoms with van der Waals surface area (Å²) in [6.45, 7) is 2.22. The predicted octanol–water partition coefficient (Wildman–Crippen LogP) is 4.86. The molecule has 0 spiro atoms. The smallest absolute Gasteiger partial charge is 0.352 e. The molecule has 10 heteroatoms. The number of anilines is 1. The molecule has 0 bridgehead atoms. The second-order valence-corrected chi connectivity index (χ2v) is 6.90. The molecular formula is C12H12Cl2F4N2OS. The van der Waals surface area contributed by atoms with E-state index in [9.17, 15) is 22.4 Å². The number of carbonyl (C=O) groups is 1. The Bertz CT molecular complexity index is 523. The fourth-order valence-electron chi connectivity index (χ4n) is 1.47. The van der Waals surface area contributed by atoms with Crippen molar-refractivity contribution >= 4 is 46.7 Å². The predicted molar refractivity (Wildman–Crippen MR) is 80.7 cm³/mol. The highest BCUT2D eigenvalue weighted by Gasteiger charge is 2.44. The zero-order valence-corrected chi connectivity index (χ0v) is 13.6. The average molecular weight is 379 g/mol. The van der Waals surface area contributed by atoms with Crippen LogP contribution < -0.4 is 9.62 Å². The Kier molecular flexibility index (Phi) is 6.64. The van der Waals surface area contributed by atoms with E-state index in [1.165, 1.54) is 12.1 Å². The number of nitrogens with zero attached hydrogens (tertiary/aromatic N) is 1. The van der Waals surface area contributed by atoms with E-state index in [2.05, 4.69) is 5.32 Å². The Hall–Kier alpha value is -0.860. The van der Waals surface area contributed by atoms with Crippen molar-refractivity contribution in [1.82, 2.24) is 5.32 Å². The molecule has 1 aromatic rings. The number of hydrogen-bond acceptors (Lipinski definition) is 3. The lowest BCUT2D eigenvalue weighted by atomic mass is 10.2. The maximum Gasteiger partial charge on any atom is 0.495 e. The highest BCUT2D eigenvalue weighted by Crippen LogP contribution is 2.45. The van der Waals surface area contributed by atoms with E-state index in [-0.39, 0.29) is 9.87 Å². The lowest BCUT2D eigenvalue weighted by Crippen LogP contribution is -2.34. The van der Waals surface area contributed by atoms with Gasteiger partial charge in [0.1, 0.15) is 0 Å². The van der Waals surface area contributed by atoms with E-state index < -0.39 is 33.8 Å². The van der Waals surface area contributed by atoms with E-state index in [0.29, 0.717) is 13.0 Å². The van der Waals surface area contributed by atoms with E-state index in [1.54, 1.807) is 0 Å². The summed E-state index contributed by atoms with van der Waals surface area (Å²) < 4.78 is 48.6. The van der Waals surface area contributed by atoms with E-state index in [0.717, 1.165) is 12.1 Å². The molecule has 0 fully saturated rings. The summed E-state index contributed by atoms with van der Waals surface area (Å²) in [5, 5.41) is 2.53. The monoisotopic (exact) mass is 378 g/mol. The number of halogens is 6. The van der Waals surface area contributed by atoms with Crippen molar-refractivity contribution in [1.29, 1.82) is 0 Å². The fraction of sp³-hybridized carbons (Fsp3) is 0.417. The topological polar surface area (TPSA) is 32.3 Å². The van der Waals surface area contributed by atoms with Crippen molar-refractivity contribution in [3.63, 3.8) is 0 Å². The molecule has 0 aliphatic heterocycles. The first kappa shape index (κ1) is 19.2. The van der Waals surface area contributed by atoms with Gasteiger partial charge in [0.25, 0.3) is 5.91 Å². The maximum absolute atomic E-state index is 13.2. The number of rotatable bonds is 6. The molecule has 0 aromatic heterocycles. The van der Waals surface area contributed by atoms with Gasteiger partial charge in [0.05, 0.1) is 5.69 Å². The minimum absolute atomic E-state index is 0.00871. The van der Waals surface area contributed by atoms with Gasteiger partial charge in [-0.25, -0.2) is 4.31 Å². The van der Waals surface area contributed by atoms with Crippen LogP contribution in [0.5, 0.6) is 0 Å². The first-order valence-electron chi connectivity index (χ1n) is 6.05. The second kappa shape index (κ2) is 7.61. The Morgan fingerprint density at radius 1 is 1.32 bits per heavy atom. The summed E-state index contributed by atoms with van der Waals surface area (Å²) in [5.74, 6) is -0.529. The number of alkyl halides is 6. The number of benzene rings is 1. The molecule has 124 valence electrons. The third-order valence-electron chi connectivity index (χ3n) is 2.30. The molecule has 1 aromatic carbocycles. The van der Waals surface area contributed by atoms with Gasteiger partial charge in [-0.1, -0.05) is 36.2 Å². The first-order valence-corrected chi connectivity index (χ1v) is 7.58. The summed E-state index contributed by atoms with van der Waals surface area (Å²) in [6, 6.07) is 4.64. The number of amides is 1. The number of carbonyl (C=O) groups excluding carboxylic acids is 1. The van der Waals surface area contributed by atoms with E-state index >= 15 is 0 Å². The van der Waals surface area contributed by atoms with Crippen LogP contribution in [0.4, 0.5) is 23.2 Å². The van der Waals surface area contributed by atoms with Crippen LogP contribution in [-0.2, 0) is 0 Å². The molecule has 0 unspecified atom stereocenters. The second-order valence-electron chi connectivity index (χ2n) is 4.11. The van der Waals surface area contributed by atoms with E-state index in [1.807, 2.05) is 6.92 Å². The minimum atomic E-state index is -4.94. The summed E-state index contributed by atoms with van der Waals surface area (Å²) in [7, 11) is 0.